The van der Waals surface area contributed by atoms with Crippen LogP contribution < -0.4 is 10.5 Å². The maximum Gasteiger partial charge on any atom is 0.343 e. The Labute approximate surface area is 243 Å². The van der Waals surface area contributed by atoms with Crippen molar-refractivity contribution in [3.8, 4) is 5.75 Å². The monoisotopic (exact) mass is 581 g/mol. The summed E-state index contributed by atoms with van der Waals surface area (Å²) in [6.45, 7) is 5.12. The van der Waals surface area contributed by atoms with Gasteiger partial charge in [0.1, 0.15) is 18.1 Å². The third kappa shape index (κ3) is 7.59. The number of benzene rings is 2. The molecule has 2 aromatic carbocycles. The van der Waals surface area contributed by atoms with E-state index in [9.17, 15) is 34.2 Å². The van der Waals surface area contributed by atoms with Crippen LogP contribution in [-0.2, 0) is 23.9 Å². The molecule has 0 bridgehead atoms. The highest BCUT2D eigenvalue weighted by molar-refractivity contribution is 6.03. The molecule has 0 spiro atoms. The second kappa shape index (κ2) is 14.6. The number of hydrogen-bond acceptors (Lipinski definition) is 8. The van der Waals surface area contributed by atoms with Gasteiger partial charge in [-0.3, -0.25) is 19.8 Å². The Morgan fingerprint density at radius 3 is 2.00 bits per heavy atom. The Hall–Kier alpha value is -5.00. The minimum Gasteiger partial charge on any atom is -0.481 e. The fourth-order valence-corrected chi connectivity index (χ4v) is 4.60. The van der Waals surface area contributed by atoms with Crippen LogP contribution in [0, 0.1) is 11.3 Å². The lowest BCUT2D eigenvalue weighted by molar-refractivity contribution is -0.173. The number of esters is 2. The zero-order chi connectivity index (χ0) is 31.6. The fourth-order valence-electron chi connectivity index (χ4n) is 4.60. The Balaban J connectivity index is 2.39. The number of aliphatic carboxylic acids is 2. The summed E-state index contributed by atoms with van der Waals surface area (Å²) in [5.74, 6) is -6.73. The van der Waals surface area contributed by atoms with Gasteiger partial charge in [0.25, 0.3) is 5.91 Å². The van der Waals surface area contributed by atoms with E-state index in [2.05, 4.69) is 0 Å². The minimum atomic E-state index is -2.23. The molecule has 0 aromatic heterocycles. The molecule has 0 heterocycles. The van der Waals surface area contributed by atoms with Gasteiger partial charge in [-0.1, -0.05) is 26.0 Å². The largest absolute Gasteiger partial charge is 0.481 e. The van der Waals surface area contributed by atoms with Gasteiger partial charge in [-0.2, -0.15) is 0 Å². The van der Waals surface area contributed by atoms with Gasteiger partial charge in [-0.25, -0.2) is 9.59 Å². The van der Waals surface area contributed by atoms with Crippen molar-refractivity contribution in [2.24, 2.45) is 11.7 Å². The molecule has 0 aliphatic heterocycles. The number of carboxylic acid groups (broad SMARTS) is 2. The van der Waals surface area contributed by atoms with Gasteiger partial charge in [-0.05, 0) is 74.7 Å². The summed E-state index contributed by atoms with van der Waals surface area (Å²) in [4.78, 5) is 64.2. The van der Waals surface area contributed by atoms with Crippen molar-refractivity contribution in [3.05, 3.63) is 70.8 Å². The van der Waals surface area contributed by atoms with Crippen LogP contribution in [0.3, 0.4) is 0 Å². The number of carbonyl (C=O) groups is 5. The molecule has 2 atom stereocenters. The van der Waals surface area contributed by atoms with E-state index in [1.54, 1.807) is 19.1 Å². The molecule has 2 aromatic rings. The van der Waals surface area contributed by atoms with E-state index in [1.807, 2.05) is 0 Å². The number of amides is 1. The van der Waals surface area contributed by atoms with E-state index in [4.69, 9.17) is 20.6 Å². The molecule has 1 unspecified atom stereocenters. The number of nitrogens with two attached hydrogens (primary N) is 1. The summed E-state index contributed by atoms with van der Waals surface area (Å²) in [5.41, 5.74) is 4.38. The highest BCUT2D eigenvalue weighted by Gasteiger charge is 2.54. The van der Waals surface area contributed by atoms with E-state index in [0.717, 1.165) is 4.90 Å². The molecule has 224 valence electrons. The lowest BCUT2D eigenvalue weighted by atomic mass is 9.77. The Morgan fingerprint density at radius 1 is 0.976 bits per heavy atom. The zero-order valence-electron chi connectivity index (χ0n) is 23.9. The van der Waals surface area contributed by atoms with Crippen LogP contribution in [0.1, 0.15) is 62.0 Å². The van der Waals surface area contributed by atoms with Gasteiger partial charge in [0, 0.05) is 11.1 Å². The van der Waals surface area contributed by atoms with Gasteiger partial charge < -0.3 is 30.3 Å². The number of ether oxygens (including phenoxy) is 2. The van der Waals surface area contributed by atoms with E-state index < -0.39 is 47.8 Å². The summed E-state index contributed by atoms with van der Waals surface area (Å²) in [6, 6.07) is 12.1. The van der Waals surface area contributed by atoms with Crippen LogP contribution in [-0.4, -0.2) is 69.4 Å². The Bertz CT molecular complexity index is 1370. The van der Waals surface area contributed by atoms with Crippen molar-refractivity contribution >= 4 is 41.7 Å². The summed E-state index contributed by atoms with van der Waals surface area (Å²) in [7, 11) is 0. The first kappa shape index (κ1) is 33.2. The molecule has 12 heteroatoms. The van der Waals surface area contributed by atoms with Crippen molar-refractivity contribution in [2.75, 3.05) is 13.2 Å². The van der Waals surface area contributed by atoms with Crippen molar-refractivity contribution in [2.45, 2.75) is 46.1 Å². The molecule has 0 aliphatic carbocycles. The topological polar surface area (TPSA) is 197 Å². The molecule has 0 fully saturated rings. The maximum atomic E-state index is 13.7. The number of carbonyl (C=O) groups excluding carboxylic acids is 3. The predicted octanol–water partition coefficient (Wildman–Crippen LogP) is 3.33. The van der Waals surface area contributed by atoms with E-state index in [0.29, 0.717) is 11.1 Å². The van der Waals surface area contributed by atoms with Gasteiger partial charge in [-0.15, -0.1) is 0 Å². The molecule has 12 nitrogen and oxygen atoms in total. The van der Waals surface area contributed by atoms with Gasteiger partial charge in [0.15, 0.2) is 5.54 Å². The molecule has 42 heavy (non-hydrogen) atoms. The highest BCUT2D eigenvalue weighted by Crippen LogP contribution is 2.34. The second-order valence-corrected chi connectivity index (χ2v) is 9.36. The standard InChI is InChI=1S/C30H35N3O9/c1-5-23(27(36)37)30(6-2,29(39)40)33(17-24(34)41-7-3)26(35)18(4)16-19-8-10-21(11-9-19)28(38)42-22-14-12-20(13-15-22)25(31)32/h8-16,23H,5-7,17H2,1-4H3,(H3,31,32)(H,36,37)(H,39,40)/b18-16+/t23?,30-/m0/s1. The van der Waals surface area contributed by atoms with Crippen LogP contribution in [0.2, 0.25) is 0 Å². The third-order valence-electron chi connectivity index (χ3n) is 6.75. The van der Waals surface area contributed by atoms with Gasteiger partial charge >= 0.3 is 23.9 Å². The number of nitrogen functional groups attached to an aromatic ring is 1. The second-order valence-electron chi connectivity index (χ2n) is 9.36. The summed E-state index contributed by atoms with van der Waals surface area (Å²) < 4.78 is 10.3. The smallest absolute Gasteiger partial charge is 0.343 e. The average Bonchev–Trinajstić information content (AvgIpc) is 2.94. The van der Waals surface area contributed by atoms with Gasteiger partial charge in [0.05, 0.1) is 18.1 Å². The number of nitrogens with zero attached hydrogens (tertiary/aromatic N) is 1. The third-order valence-corrected chi connectivity index (χ3v) is 6.75. The van der Waals surface area contributed by atoms with Crippen molar-refractivity contribution in [1.29, 1.82) is 5.41 Å². The lowest BCUT2D eigenvalue weighted by Gasteiger charge is -2.43. The predicted molar refractivity (Wildman–Crippen MR) is 153 cm³/mol. The van der Waals surface area contributed by atoms with E-state index in [1.165, 1.54) is 63.2 Å². The molecule has 0 saturated carbocycles. The molecule has 5 N–H and O–H groups in total. The normalized spacial score (nSPS) is 13.3. The SMILES string of the molecule is CCOC(=O)CN(C(=O)/C(C)=C/c1ccc(C(=O)Oc2ccc(C(=N)N)cc2)cc1)[C@](CC)(C(=O)O)C(CC)C(=O)O. The number of hydrogen-bond donors (Lipinski definition) is 4. The molecular weight excluding hydrogens is 546 g/mol. The highest BCUT2D eigenvalue weighted by atomic mass is 16.5. The van der Waals surface area contributed by atoms with Crippen molar-refractivity contribution in [1.82, 2.24) is 4.90 Å². The number of rotatable bonds is 14. The van der Waals surface area contributed by atoms with Crippen LogP contribution in [0.15, 0.2) is 54.1 Å². The average molecular weight is 582 g/mol. The molecule has 1 amide bonds. The number of amidine groups is 1. The Kier molecular flexibility index (Phi) is 11.5. The van der Waals surface area contributed by atoms with Crippen molar-refractivity contribution < 1.29 is 43.7 Å². The molecule has 0 aliphatic rings. The number of carboxylic acids is 2. The van der Waals surface area contributed by atoms with Crippen LogP contribution in [0.25, 0.3) is 6.08 Å². The first-order valence-corrected chi connectivity index (χ1v) is 13.2. The molecule has 2 rings (SSSR count). The van der Waals surface area contributed by atoms with E-state index >= 15 is 0 Å². The maximum absolute atomic E-state index is 13.7. The van der Waals surface area contributed by atoms with Crippen LogP contribution >= 0.6 is 0 Å². The van der Waals surface area contributed by atoms with Gasteiger partial charge in [0.2, 0.25) is 0 Å². The quantitative estimate of drug-likeness (QED) is 0.0844. The minimum absolute atomic E-state index is 0.0173. The van der Waals surface area contributed by atoms with Crippen LogP contribution in [0.4, 0.5) is 0 Å². The first-order chi connectivity index (χ1) is 19.8. The van der Waals surface area contributed by atoms with E-state index in [-0.39, 0.29) is 42.2 Å². The Morgan fingerprint density at radius 2 is 1.55 bits per heavy atom. The number of nitrogens with one attached hydrogen (secondary N) is 1. The van der Waals surface area contributed by atoms with Crippen molar-refractivity contribution in [3.63, 3.8) is 0 Å². The summed E-state index contributed by atoms with van der Waals surface area (Å²) in [6.07, 6.45) is 1.04. The summed E-state index contributed by atoms with van der Waals surface area (Å²) in [5, 5.41) is 27.5. The molecular formula is C30H35N3O9. The zero-order valence-corrected chi connectivity index (χ0v) is 23.9. The molecule has 0 saturated heterocycles. The van der Waals surface area contributed by atoms with Crippen LogP contribution in [0.5, 0.6) is 5.75 Å². The molecule has 0 radical (unpaired) electrons. The first-order valence-electron chi connectivity index (χ1n) is 13.2. The lowest BCUT2D eigenvalue weighted by Crippen LogP contribution is -2.64. The fraction of sp³-hybridized carbons (Fsp3) is 0.333. The summed E-state index contributed by atoms with van der Waals surface area (Å²) >= 11 is 0.